The minimum absolute atomic E-state index is 0.298. The summed E-state index contributed by atoms with van der Waals surface area (Å²) >= 11 is 5.91. The Kier molecular flexibility index (Phi) is 6.15. The van der Waals surface area contributed by atoms with E-state index >= 15 is 0 Å². The highest BCUT2D eigenvalue weighted by Gasteiger charge is 2.17. The van der Waals surface area contributed by atoms with Gasteiger partial charge in [-0.05, 0) is 61.9 Å². The molecule has 0 radical (unpaired) electrons. The van der Waals surface area contributed by atoms with E-state index in [1.807, 2.05) is 6.92 Å². The van der Waals surface area contributed by atoms with E-state index in [1.165, 1.54) is 7.05 Å². The quantitative estimate of drug-likeness (QED) is 0.811. The van der Waals surface area contributed by atoms with Crippen molar-refractivity contribution < 1.29 is 17.9 Å². The molecule has 2 aromatic carbocycles. The Morgan fingerprint density at radius 2 is 1.81 bits per heavy atom. The van der Waals surface area contributed by atoms with Crippen LogP contribution >= 0.6 is 11.6 Å². The molecule has 0 unspecified atom stereocenters. The lowest BCUT2D eigenvalue weighted by Gasteiger charge is -2.18. The highest BCUT2D eigenvalue weighted by atomic mass is 35.5. The van der Waals surface area contributed by atoms with Gasteiger partial charge in [-0.25, -0.2) is 8.42 Å². The third-order valence-electron chi connectivity index (χ3n) is 3.83. The fourth-order valence-electron chi connectivity index (χ4n) is 2.19. The summed E-state index contributed by atoms with van der Waals surface area (Å²) in [7, 11) is -1.86. The van der Waals surface area contributed by atoms with Gasteiger partial charge in [-0.1, -0.05) is 11.6 Å². The van der Waals surface area contributed by atoms with Crippen molar-refractivity contribution >= 4 is 38.9 Å². The van der Waals surface area contributed by atoms with E-state index in [4.69, 9.17) is 16.3 Å². The number of halogens is 1. The lowest BCUT2D eigenvalue weighted by atomic mass is 10.2. The number of nitrogens with one attached hydrogen (secondary N) is 1. The molecule has 26 heavy (non-hydrogen) atoms. The first-order valence-corrected chi connectivity index (χ1v) is 10.1. The topological polar surface area (TPSA) is 75.7 Å². The van der Waals surface area contributed by atoms with Gasteiger partial charge in [-0.2, -0.15) is 0 Å². The van der Waals surface area contributed by atoms with Crippen molar-refractivity contribution in [3.63, 3.8) is 0 Å². The summed E-state index contributed by atoms with van der Waals surface area (Å²) in [6, 6.07) is 11.7. The number of anilines is 2. The van der Waals surface area contributed by atoms with Gasteiger partial charge in [0.15, 0.2) is 6.10 Å². The lowest BCUT2D eigenvalue weighted by molar-refractivity contribution is -0.122. The summed E-state index contributed by atoms with van der Waals surface area (Å²) in [5, 5.41) is 3.40. The van der Waals surface area contributed by atoms with Crippen LogP contribution in [0.5, 0.6) is 5.75 Å². The van der Waals surface area contributed by atoms with E-state index in [-0.39, 0.29) is 5.91 Å². The molecular formula is C18H21ClN2O4S. The Labute approximate surface area is 158 Å². The van der Waals surface area contributed by atoms with Gasteiger partial charge in [0.05, 0.1) is 11.9 Å². The van der Waals surface area contributed by atoms with E-state index in [9.17, 15) is 13.2 Å². The van der Waals surface area contributed by atoms with E-state index in [0.717, 1.165) is 16.1 Å². The summed E-state index contributed by atoms with van der Waals surface area (Å²) in [6.45, 7) is 3.49. The van der Waals surface area contributed by atoms with Crippen molar-refractivity contribution in [3.8, 4) is 5.75 Å². The van der Waals surface area contributed by atoms with Crippen LogP contribution in [-0.4, -0.2) is 33.7 Å². The third kappa shape index (κ3) is 5.12. The second kappa shape index (κ2) is 7.97. The molecule has 0 fully saturated rings. The molecule has 1 atom stereocenters. The maximum atomic E-state index is 12.3. The molecule has 2 rings (SSSR count). The molecule has 6 nitrogen and oxygen atoms in total. The fraction of sp³-hybridized carbons (Fsp3) is 0.278. The number of hydrogen-bond acceptors (Lipinski definition) is 4. The number of aryl methyl sites for hydroxylation is 1. The number of amides is 1. The van der Waals surface area contributed by atoms with E-state index in [1.54, 1.807) is 49.4 Å². The van der Waals surface area contributed by atoms with E-state index in [0.29, 0.717) is 22.1 Å². The number of nitrogens with zero attached hydrogens (tertiary/aromatic N) is 1. The molecule has 0 spiro atoms. The zero-order valence-electron chi connectivity index (χ0n) is 15.0. The van der Waals surface area contributed by atoms with Crippen molar-refractivity contribution in [2.24, 2.45) is 0 Å². The maximum absolute atomic E-state index is 12.3. The van der Waals surface area contributed by atoms with Gasteiger partial charge in [-0.3, -0.25) is 9.10 Å². The Hall–Kier alpha value is -2.25. The molecule has 0 bridgehead atoms. The molecule has 0 saturated heterocycles. The molecule has 0 aliphatic heterocycles. The van der Waals surface area contributed by atoms with Crippen LogP contribution in [0.15, 0.2) is 42.5 Å². The first-order valence-electron chi connectivity index (χ1n) is 7.85. The second-order valence-corrected chi connectivity index (χ2v) is 8.38. The standard InChI is InChI=1S/C18H21ClN2O4S/c1-12-11-14(19)5-10-17(12)20-18(22)13(2)25-16-8-6-15(7-9-16)21(3)26(4,23)24/h5-11,13H,1-4H3,(H,20,22)/t13-/m1/s1. The highest BCUT2D eigenvalue weighted by molar-refractivity contribution is 7.92. The number of hydrogen-bond donors (Lipinski definition) is 1. The van der Waals surface area contributed by atoms with Gasteiger partial charge in [0.1, 0.15) is 5.75 Å². The van der Waals surface area contributed by atoms with Gasteiger partial charge in [0, 0.05) is 17.8 Å². The molecule has 1 amide bonds. The van der Waals surface area contributed by atoms with Crippen molar-refractivity contribution in [2.45, 2.75) is 20.0 Å². The molecule has 140 valence electrons. The number of ether oxygens (including phenoxy) is 1. The van der Waals surface area contributed by atoms with Gasteiger partial charge in [-0.15, -0.1) is 0 Å². The molecule has 0 aliphatic rings. The van der Waals surface area contributed by atoms with Gasteiger partial charge in [0.2, 0.25) is 10.0 Å². The van der Waals surface area contributed by atoms with Crippen LogP contribution in [0, 0.1) is 6.92 Å². The highest BCUT2D eigenvalue weighted by Crippen LogP contribution is 2.22. The molecule has 0 saturated carbocycles. The molecule has 1 N–H and O–H groups in total. The number of rotatable bonds is 6. The zero-order chi connectivity index (χ0) is 19.5. The van der Waals surface area contributed by atoms with Gasteiger partial charge < -0.3 is 10.1 Å². The summed E-state index contributed by atoms with van der Waals surface area (Å²) in [5.41, 5.74) is 2.03. The molecule has 8 heteroatoms. The zero-order valence-corrected chi connectivity index (χ0v) is 16.6. The number of benzene rings is 2. The van der Waals surface area contributed by atoms with Crippen LogP contribution in [0.3, 0.4) is 0 Å². The summed E-state index contributed by atoms with van der Waals surface area (Å²) in [4.78, 5) is 12.3. The monoisotopic (exact) mass is 396 g/mol. The maximum Gasteiger partial charge on any atom is 0.265 e. The molecule has 2 aromatic rings. The normalized spacial score (nSPS) is 12.3. The Morgan fingerprint density at radius 3 is 2.35 bits per heavy atom. The first kappa shape index (κ1) is 20.1. The first-order chi connectivity index (χ1) is 12.1. The predicted molar refractivity (Wildman–Crippen MR) is 105 cm³/mol. The van der Waals surface area contributed by atoms with Crippen molar-refractivity contribution in [2.75, 3.05) is 22.9 Å². The minimum Gasteiger partial charge on any atom is -0.481 e. The molecule has 0 aromatic heterocycles. The molecule has 0 heterocycles. The van der Waals surface area contributed by atoms with Crippen LogP contribution in [0.1, 0.15) is 12.5 Å². The minimum atomic E-state index is -3.33. The average Bonchev–Trinajstić information content (AvgIpc) is 2.56. The van der Waals surface area contributed by atoms with Gasteiger partial charge >= 0.3 is 0 Å². The lowest BCUT2D eigenvalue weighted by Crippen LogP contribution is -2.30. The van der Waals surface area contributed by atoms with Crippen molar-refractivity contribution in [1.82, 2.24) is 0 Å². The van der Waals surface area contributed by atoms with Crippen molar-refractivity contribution in [1.29, 1.82) is 0 Å². The van der Waals surface area contributed by atoms with Crippen LogP contribution in [0.25, 0.3) is 0 Å². The second-order valence-electron chi connectivity index (χ2n) is 5.93. The summed E-state index contributed by atoms with van der Waals surface area (Å²) < 4.78 is 29.9. The SMILES string of the molecule is Cc1cc(Cl)ccc1NC(=O)[C@@H](C)Oc1ccc(N(C)S(C)(=O)=O)cc1. The predicted octanol–water partition coefficient (Wildman–Crippen LogP) is 3.45. The number of carbonyl (C=O) groups is 1. The average molecular weight is 397 g/mol. The van der Waals surface area contributed by atoms with Gasteiger partial charge in [0.25, 0.3) is 5.91 Å². The largest absolute Gasteiger partial charge is 0.481 e. The van der Waals surface area contributed by atoms with E-state index in [2.05, 4.69) is 5.32 Å². The summed E-state index contributed by atoms with van der Waals surface area (Å²) in [5.74, 6) is 0.166. The Morgan fingerprint density at radius 1 is 1.19 bits per heavy atom. The third-order valence-corrected chi connectivity index (χ3v) is 5.27. The van der Waals surface area contributed by atoms with Crippen LogP contribution in [0.4, 0.5) is 11.4 Å². The molecule has 0 aliphatic carbocycles. The van der Waals surface area contributed by atoms with Crippen LogP contribution < -0.4 is 14.4 Å². The Bertz CT molecular complexity index is 898. The smallest absolute Gasteiger partial charge is 0.265 e. The fourth-order valence-corrected chi connectivity index (χ4v) is 2.92. The van der Waals surface area contributed by atoms with Crippen molar-refractivity contribution in [3.05, 3.63) is 53.1 Å². The van der Waals surface area contributed by atoms with Crippen LogP contribution in [-0.2, 0) is 14.8 Å². The summed E-state index contributed by atoms with van der Waals surface area (Å²) in [6.07, 6.45) is 0.395. The Balaban J connectivity index is 2.02. The number of carbonyl (C=O) groups excluding carboxylic acids is 1. The van der Waals surface area contributed by atoms with Crippen LogP contribution in [0.2, 0.25) is 5.02 Å². The van der Waals surface area contributed by atoms with E-state index < -0.39 is 16.1 Å². The molecular weight excluding hydrogens is 376 g/mol. The number of sulfonamides is 1.